The normalized spacial score (nSPS) is 21.6. The van der Waals surface area contributed by atoms with Crippen molar-refractivity contribution >= 4 is 11.8 Å². The fourth-order valence-corrected chi connectivity index (χ4v) is 5.37. The first-order valence-corrected chi connectivity index (χ1v) is 13.2. The summed E-state index contributed by atoms with van der Waals surface area (Å²) in [6, 6.07) is 17.4. The average molecular weight is 567 g/mol. The van der Waals surface area contributed by atoms with Gasteiger partial charge >= 0.3 is 6.29 Å². The SMILES string of the molecule is COc1ccc2c(c1)OC(C(=O)NC(CO)c1ccccc1)CC2NC(=O)C1(c2ccc3c(c2)OC(F)(F)O3)CC1. The van der Waals surface area contributed by atoms with Gasteiger partial charge in [-0.2, -0.15) is 0 Å². The molecular weight excluding hydrogens is 538 g/mol. The summed E-state index contributed by atoms with van der Waals surface area (Å²) in [7, 11) is 1.51. The number of fused-ring (bicyclic) bond motifs is 2. The maximum absolute atomic E-state index is 13.7. The van der Waals surface area contributed by atoms with Crippen LogP contribution >= 0.6 is 0 Å². The van der Waals surface area contributed by atoms with Gasteiger partial charge < -0.3 is 34.7 Å². The standard InChI is InChI=1S/C30H28F2N2O7/c1-38-19-8-9-20-21(15-26(39-24(20)14-19)27(36)33-22(16-35)17-5-3-2-4-6-17)34-28(37)29(11-12-29)18-7-10-23-25(13-18)41-30(31,32)40-23/h2-10,13-14,21-22,26,35H,11-12,15-16H2,1H3,(H,33,36)(H,34,37). The number of aliphatic hydroxyl groups is 1. The molecule has 3 aliphatic rings. The van der Waals surface area contributed by atoms with Crippen LogP contribution in [-0.4, -0.2) is 43.0 Å². The zero-order chi connectivity index (χ0) is 28.8. The van der Waals surface area contributed by atoms with Crippen molar-refractivity contribution in [1.82, 2.24) is 10.6 Å². The van der Waals surface area contributed by atoms with Gasteiger partial charge in [-0.05, 0) is 48.2 Å². The Kier molecular flexibility index (Phi) is 6.69. The fraction of sp³-hybridized carbons (Fsp3) is 0.333. The highest BCUT2D eigenvalue weighted by Crippen LogP contribution is 2.52. The van der Waals surface area contributed by atoms with Crippen LogP contribution in [-0.2, 0) is 15.0 Å². The van der Waals surface area contributed by atoms with E-state index in [9.17, 15) is 23.5 Å². The zero-order valence-electron chi connectivity index (χ0n) is 22.1. The Morgan fingerprint density at radius 2 is 1.78 bits per heavy atom. The van der Waals surface area contributed by atoms with Gasteiger partial charge in [0.05, 0.1) is 31.2 Å². The molecule has 3 aromatic carbocycles. The number of methoxy groups -OCH3 is 1. The lowest BCUT2D eigenvalue weighted by atomic mass is 9.91. The summed E-state index contributed by atoms with van der Waals surface area (Å²) in [6.45, 7) is -0.308. The molecule has 3 atom stereocenters. The lowest BCUT2D eigenvalue weighted by molar-refractivity contribution is -0.286. The Bertz CT molecular complexity index is 1480. The molecule has 1 fully saturated rings. The predicted octanol–water partition coefficient (Wildman–Crippen LogP) is 3.91. The molecule has 1 saturated carbocycles. The first-order valence-electron chi connectivity index (χ1n) is 13.2. The molecule has 0 bridgehead atoms. The van der Waals surface area contributed by atoms with Crippen molar-refractivity contribution in [3.63, 3.8) is 0 Å². The van der Waals surface area contributed by atoms with Crippen molar-refractivity contribution in [3.8, 4) is 23.0 Å². The van der Waals surface area contributed by atoms with Crippen LogP contribution in [0.2, 0.25) is 0 Å². The molecule has 0 saturated heterocycles. The molecule has 1 aliphatic carbocycles. The molecule has 3 unspecified atom stereocenters. The highest BCUT2D eigenvalue weighted by atomic mass is 19.3. The molecular formula is C30H28F2N2O7. The number of halogens is 2. The van der Waals surface area contributed by atoms with Crippen LogP contribution in [0.25, 0.3) is 0 Å². The Hall–Kier alpha value is -4.38. The summed E-state index contributed by atoms with van der Waals surface area (Å²) in [5.74, 6) is -0.0527. The number of carbonyl (C=O) groups excluding carboxylic acids is 2. The van der Waals surface area contributed by atoms with Gasteiger partial charge in [-0.3, -0.25) is 9.59 Å². The van der Waals surface area contributed by atoms with E-state index in [2.05, 4.69) is 20.1 Å². The van der Waals surface area contributed by atoms with Gasteiger partial charge in [0.1, 0.15) is 11.5 Å². The first-order chi connectivity index (χ1) is 19.7. The largest absolute Gasteiger partial charge is 0.586 e. The summed E-state index contributed by atoms with van der Waals surface area (Å²) in [4.78, 5) is 27.1. The minimum atomic E-state index is -3.75. The van der Waals surface area contributed by atoms with E-state index in [4.69, 9.17) is 9.47 Å². The molecule has 2 amide bonds. The van der Waals surface area contributed by atoms with E-state index < -0.39 is 35.8 Å². The van der Waals surface area contributed by atoms with E-state index >= 15 is 0 Å². The van der Waals surface area contributed by atoms with E-state index in [-0.39, 0.29) is 30.4 Å². The summed E-state index contributed by atoms with van der Waals surface area (Å²) < 4.78 is 47.6. The third-order valence-electron chi connectivity index (χ3n) is 7.75. The van der Waals surface area contributed by atoms with E-state index in [1.165, 1.54) is 19.2 Å². The number of hydrogen-bond donors (Lipinski definition) is 3. The van der Waals surface area contributed by atoms with Gasteiger partial charge in [0.15, 0.2) is 17.6 Å². The molecule has 6 rings (SSSR count). The van der Waals surface area contributed by atoms with Gasteiger partial charge in [-0.15, -0.1) is 8.78 Å². The molecule has 0 aromatic heterocycles. The molecule has 3 aromatic rings. The van der Waals surface area contributed by atoms with E-state index in [1.54, 1.807) is 36.4 Å². The van der Waals surface area contributed by atoms with E-state index in [0.717, 1.165) is 5.56 Å². The number of rotatable bonds is 8. The number of carbonyl (C=O) groups is 2. The third kappa shape index (κ3) is 5.13. The number of hydrogen-bond acceptors (Lipinski definition) is 7. The van der Waals surface area contributed by atoms with Crippen molar-refractivity contribution in [3.05, 3.63) is 83.4 Å². The highest BCUT2D eigenvalue weighted by molar-refractivity contribution is 5.92. The minimum absolute atomic E-state index is 0.0900. The molecule has 3 N–H and O–H groups in total. The highest BCUT2D eigenvalue weighted by Gasteiger charge is 2.53. The van der Waals surface area contributed by atoms with Crippen molar-refractivity contribution in [2.45, 2.75) is 49.2 Å². The number of aliphatic hydroxyl groups excluding tert-OH is 1. The summed E-state index contributed by atoms with van der Waals surface area (Å²) in [5, 5.41) is 15.8. The second kappa shape index (κ2) is 10.2. The van der Waals surface area contributed by atoms with Crippen molar-refractivity contribution in [2.75, 3.05) is 13.7 Å². The van der Waals surface area contributed by atoms with Crippen molar-refractivity contribution in [2.24, 2.45) is 0 Å². The van der Waals surface area contributed by atoms with Crippen LogP contribution in [0.5, 0.6) is 23.0 Å². The molecule has 9 nitrogen and oxygen atoms in total. The van der Waals surface area contributed by atoms with Crippen LogP contribution < -0.4 is 29.6 Å². The first kappa shape index (κ1) is 26.8. The van der Waals surface area contributed by atoms with Gasteiger partial charge in [0, 0.05) is 18.1 Å². The van der Waals surface area contributed by atoms with Crippen LogP contribution in [0.15, 0.2) is 66.7 Å². The maximum Gasteiger partial charge on any atom is 0.586 e. The number of alkyl halides is 2. The molecule has 2 aliphatic heterocycles. The second-order valence-corrected chi connectivity index (χ2v) is 10.3. The van der Waals surface area contributed by atoms with Gasteiger partial charge in [0.2, 0.25) is 5.91 Å². The number of benzene rings is 3. The van der Waals surface area contributed by atoms with Crippen LogP contribution in [0.4, 0.5) is 8.78 Å². The Morgan fingerprint density at radius 3 is 2.49 bits per heavy atom. The number of ether oxygens (including phenoxy) is 4. The van der Waals surface area contributed by atoms with E-state index in [0.29, 0.717) is 35.5 Å². The zero-order valence-corrected chi connectivity index (χ0v) is 22.1. The summed E-state index contributed by atoms with van der Waals surface area (Å²) in [5.41, 5.74) is 1.03. The molecule has 41 heavy (non-hydrogen) atoms. The Labute approximate surface area is 234 Å². The van der Waals surface area contributed by atoms with Crippen molar-refractivity contribution < 1.29 is 42.4 Å². The molecule has 214 valence electrons. The van der Waals surface area contributed by atoms with Gasteiger partial charge in [0.25, 0.3) is 5.91 Å². The van der Waals surface area contributed by atoms with Crippen LogP contribution in [0.3, 0.4) is 0 Å². The van der Waals surface area contributed by atoms with Crippen LogP contribution in [0, 0.1) is 0 Å². The minimum Gasteiger partial charge on any atom is -0.497 e. The molecule has 0 radical (unpaired) electrons. The fourth-order valence-electron chi connectivity index (χ4n) is 5.37. The smallest absolute Gasteiger partial charge is 0.497 e. The van der Waals surface area contributed by atoms with Crippen LogP contribution in [0.1, 0.15) is 48.0 Å². The molecule has 0 spiro atoms. The van der Waals surface area contributed by atoms with Gasteiger partial charge in [-0.1, -0.05) is 36.4 Å². The summed E-state index contributed by atoms with van der Waals surface area (Å²) in [6.07, 6.45) is -3.55. The summed E-state index contributed by atoms with van der Waals surface area (Å²) >= 11 is 0. The van der Waals surface area contributed by atoms with Gasteiger partial charge in [-0.25, -0.2) is 0 Å². The monoisotopic (exact) mass is 566 g/mol. The maximum atomic E-state index is 13.7. The molecule has 11 heteroatoms. The topological polar surface area (TPSA) is 115 Å². The second-order valence-electron chi connectivity index (χ2n) is 10.3. The predicted molar refractivity (Wildman–Crippen MR) is 141 cm³/mol. The Balaban J connectivity index is 1.23. The lowest BCUT2D eigenvalue weighted by Gasteiger charge is -2.34. The number of nitrogens with one attached hydrogen (secondary N) is 2. The number of amides is 2. The molecule has 2 heterocycles. The third-order valence-corrected chi connectivity index (χ3v) is 7.75. The average Bonchev–Trinajstić information content (AvgIpc) is 3.72. The van der Waals surface area contributed by atoms with Crippen molar-refractivity contribution in [1.29, 1.82) is 0 Å². The lowest BCUT2D eigenvalue weighted by Crippen LogP contribution is -2.47. The van der Waals surface area contributed by atoms with E-state index in [1.807, 2.05) is 18.2 Å². The quantitative estimate of drug-likeness (QED) is 0.379. The Morgan fingerprint density at radius 1 is 1.02 bits per heavy atom.